The van der Waals surface area contributed by atoms with Gasteiger partial charge in [-0.05, 0) is 17.5 Å². The van der Waals surface area contributed by atoms with Gasteiger partial charge < -0.3 is 5.11 Å². The van der Waals surface area contributed by atoms with Gasteiger partial charge in [-0.2, -0.15) is 0 Å². The first kappa shape index (κ1) is 16.3. The summed E-state index contributed by atoms with van der Waals surface area (Å²) in [4.78, 5) is 0. The van der Waals surface area contributed by atoms with Crippen LogP contribution in [0.1, 0.15) is 0 Å². The molecular formula is C16H8Cl4N2O. The van der Waals surface area contributed by atoms with Crippen LogP contribution in [0.5, 0.6) is 5.75 Å². The second-order valence-electron chi connectivity index (χ2n) is 4.67. The third kappa shape index (κ3) is 3.10. The molecule has 116 valence electrons. The van der Waals surface area contributed by atoms with Crippen LogP contribution in [0, 0.1) is 0 Å². The number of phenolic OH excluding ortho intramolecular Hbond substituents is 1. The van der Waals surface area contributed by atoms with Gasteiger partial charge in [-0.1, -0.05) is 76.7 Å². The first-order valence-electron chi connectivity index (χ1n) is 6.44. The Morgan fingerprint density at radius 1 is 0.739 bits per heavy atom. The van der Waals surface area contributed by atoms with Gasteiger partial charge in [0, 0.05) is 5.39 Å². The van der Waals surface area contributed by atoms with E-state index in [1.807, 2.05) is 24.3 Å². The first-order valence-corrected chi connectivity index (χ1v) is 7.95. The summed E-state index contributed by atoms with van der Waals surface area (Å²) >= 11 is 24.2. The predicted octanol–water partition coefficient (Wildman–Crippen LogP) is 7.57. The Balaban J connectivity index is 2.17. The fourth-order valence-electron chi connectivity index (χ4n) is 2.10. The van der Waals surface area contributed by atoms with Crippen LogP contribution in [0.15, 0.2) is 52.7 Å². The van der Waals surface area contributed by atoms with Crippen LogP contribution < -0.4 is 0 Å². The molecule has 0 radical (unpaired) electrons. The lowest BCUT2D eigenvalue weighted by molar-refractivity contribution is 0.477. The summed E-state index contributed by atoms with van der Waals surface area (Å²) in [6.07, 6.45) is 0. The highest BCUT2D eigenvalue weighted by Gasteiger charge is 2.14. The number of aromatic hydroxyl groups is 1. The van der Waals surface area contributed by atoms with Crippen molar-refractivity contribution in [1.82, 2.24) is 0 Å². The Bertz CT molecular complexity index is 915. The number of hydrogen-bond donors (Lipinski definition) is 1. The SMILES string of the molecule is Oc1ccc2ccccc2c1N=Nc1c(Cl)c(Cl)cc(Cl)c1Cl. The minimum absolute atomic E-state index is 0.00665. The van der Waals surface area contributed by atoms with E-state index < -0.39 is 0 Å². The summed E-state index contributed by atoms with van der Waals surface area (Å²) in [5, 5.41) is 20.6. The molecule has 0 heterocycles. The number of hydrogen-bond acceptors (Lipinski definition) is 3. The molecule has 0 unspecified atom stereocenters. The van der Waals surface area contributed by atoms with Gasteiger partial charge in [0.25, 0.3) is 0 Å². The molecule has 0 aromatic heterocycles. The van der Waals surface area contributed by atoms with Crippen molar-refractivity contribution in [1.29, 1.82) is 0 Å². The minimum atomic E-state index is -0.00665. The Morgan fingerprint density at radius 3 is 2.04 bits per heavy atom. The molecule has 3 aromatic rings. The molecule has 23 heavy (non-hydrogen) atoms. The summed E-state index contributed by atoms with van der Waals surface area (Å²) in [5.41, 5.74) is 0.462. The molecule has 0 saturated carbocycles. The van der Waals surface area contributed by atoms with E-state index in [-0.39, 0.29) is 31.5 Å². The Labute approximate surface area is 152 Å². The molecule has 0 bridgehead atoms. The minimum Gasteiger partial charge on any atom is -0.506 e. The highest BCUT2D eigenvalue weighted by Crippen LogP contribution is 2.44. The van der Waals surface area contributed by atoms with E-state index in [9.17, 15) is 5.11 Å². The fraction of sp³-hybridized carbons (Fsp3) is 0. The van der Waals surface area contributed by atoms with Gasteiger partial charge in [-0.25, -0.2) is 0 Å². The number of azo groups is 1. The van der Waals surface area contributed by atoms with Gasteiger partial charge >= 0.3 is 0 Å². The zero-order chi connectivity index (χ0) is 16.6. The van der Waals surface area contributed by atoms with Gasteiger partial charge in [0.05, 0.1) is 20.1 Å². The number of rotatable bonds is 2. The zero-order valence-electron chi connectivity index (χ0n) is 11.4. The van der Waals surface area contributed by atoms with E-state index in [4.69, 9.17) is 46.4 Å². The van der Waals surface area contributed by atoms with Crippen molar-refractivity contribution in [2.75, 3.05) is 0 Å². The fourth-order valence-corrected chi connectivity index (χ4v) is 2.97. The second kappa shape index (κ2) is 6.54. The van der Waals surface area contributed by atoms with Crippen molar-refractivity contribution in [3.05, 3.63) is 62.6 Å². The third-order valence-electron chi connectivity index (χ3n) is 3.22. The van der Waals surface area contributed by atoms with E-state index in [1.54, 1.807) is 12.1 Å². The van der Waals surface area contributed by atoms with E-state index in [0.29, 0.717) is 5.69 Å². The Kier molecular flexibility index (Phi) is 4.64. The van der Waals surface area contributed by atoms with Crippen molar-refractivity contribution in [2.24, 2.45) is 10.2 Å². The summed E-state index contributed by atoms with van der Waals surface area (Å²) in [5.74, 6) is -0.00665. The smallest absolute Gasteiger partial charge is 0.143 e. The maximum atomic E-state index is 10.1. The average Bonchev–Trinajstić information content (AvgIpc) is 2.54. The number of halogens is 4. The van der Waals surface area contributed by atoms with Crippen molar-refractivity contribution in [3.63, 3.8) is 0 Å². The summed E-state index contributed by atoms with van der Waals surface area (Å²) < 4.78 is 0. The second-order valence-corrected chi connectivity index (χ2v) is 6.24. The molecule has 1 N–H and O–H groups in total. The van der Waals surface area contributed by atoms with E-state index in [0.717, 1.165) is 10.8 Å². The van der Waals surface area contributed by atoms with Gasteiger partial charge in [0.1, 0.15) is 17.1 Å². The Hall–Kier alpha value is -1.52. The maximum absolute atomic E-state index is 10.1. The van der Waals surface area contributed by atoms with Crippen LogP contribution in [0.25, 0.3) is 10.8 Å². The number of nitrogens with zero attached hydrogens (tertiary/aromatic N) is 2. The lowest BCUT2D eigenvalue weighted by Crippen LogP contribution is -1.78. The molecule has 0 amide bonds. The van der Waals surface area contributed by atoms with Crippen molar-refractivity contribution in [3.8, 4) is 5.75 Å². The van der Waals surface area contributed by atoms with Crippen LogP contribution in [0.2, 0.25) is 20.1 Å². The normalized spacial score (nSPS) is 11.5. The maximum Gasteiger partial charge on any atom is 0.143 e. The quantitative estimate of drug-likeness (QED) is 0.358. The third-order valence-corrected chi connectivity index (χ3v) is 4.77. The Morgan fingerprint density at radius 2 is 1.35 bits per heavy atom. The van der Waals surface area contributed by atoms with Crippen molar-refractivity contribution >= 4 is 68.6 Å². The molecule has 3 nitrogen and oxygen atoms in total. The number of phenols is 1. The summed E-state index contributed by atoms with van der Waals surface area (Å²) in [7, 11) is 0. The molecule has 0 aliphatic heterocycles. The molecular weight excluding hydrogens is 378 g/mol. The highest BCUT2D eigenvalue weighted by atomic mass is 35.5. The molecule has 3 aromatic carbocycles. The van der Waals surface area contributed by atoms with Crippen LogP contribution in [0.3, 0.4) is 0 Å². The van der Waals surface area contributed by atoms with E-state index >= 15 is 0 Å². The van der Waals surface area contributed by atoms with Gasteiger partial charge in [0.15, 0.2) is 0 Å². The topological polar surface area (TPSA) is 45.0 Å². The molecule has 3 rings (SSSR count). The molecule has 0 saturated heterocycles. The van der Waals surface area contributed by atoms with Crippen molar-refractivity contribution in [2.45, 2.75) is 0 Å². The predicted molar refractivity (Wildman–Crippen MR) is 96.3 cm³/mol. The van der Waals surface area contributed by atoms with Gasteiger partial charge in [-0.3, -0.25) is 0 Å². The van der Waals surface area contributed by atoms with Gasteiger partial charge in [-0.15, -0.1) is 10.2 Å². The molecule has 7 heteroatoms. The van der Waals surface area contributed by atoms with Crippen LogP contribution in [0.4, 0.5) is 11.4 Å². The molecule has 0 aliphatic rings. The molecule has 0 atom stereocenters. The van der Waals surface area contributed by atoms with Gasteiger partial charge in [0.2, 0.25) is 0 Å². The molecule has 0 spiro atoms. The van der Waals surface area contributed by atoms with Crippen LogP contribution in [-0.2, 0) is 0 Å². The lowest BCUT2D eigenvalue weighted by atomic mass is 10.1. The molecule has 0 fully saturated rings. The monoisotopic (exact) mass is 384 g/mol. The summed E-state index contributed by atoms with van der Waals surface area (Å²) in [6.45, 7) is 0. The average molecular weight is 386 g/mol. The van der Waals surface area contributed by atoms with E-state index in [2.05, 4.69) is 10.2 Å². The van der Waals surface area contributed by atoms with Crippen LogP contribution >= 0.6 is 46.4 Å². The highest BCUT2D eigenvalue weighted by molar-refractivity contribution is 6.49. The first-order chi connectivity index (χ1) is 11.0. The van der Waals surface area contributed by atoms with Crippen LogP contribution in [-0.4, -0.2) is 5.11 Å². The number of fused-ring (bicyclic) bond motifs is 1. The van der Waals surface area contributed by atoms with Crippen molar-refractivity contribution < 1.29 is 5.11 Å². The standard InChI is InChI=1S/C16H8Cl4N2O/c17-10-7-11(18)14(20)16(13(10)19)22-21-15-9-4-2-1-3-8(9)5-6-12(15)23/h1-7,23H. The largest absolute Gasteiger partial charge is 0.506 e. The van der Waals surface area contributed by atoms with E-state index in [1.165, 1.54) is 6.07 Å². The summed E-state index contributed by atoms with van der Waals surface area (Å²) in [6, 6.07) is 12.2. The zero-order valence-corrected chi connectivity index (χ0v) is 14.4. The lowest BCUT2D eigenvalue weighted by Gasteiger charge is -2.06. The number of benzene rings is 3. The molecule has 0 aliphatic carbocycles.